The number of nitrogens with zero attached hydrogens (tertiary/aromatic N) is 2. The lowest BCUT2D eigenvalue weighted by atomic mass is 9.87. The molecule has 0 spiro atoms. The van der Waals surface area contributed by atoms with E-state index in [0.29, 0.717) is 6.04 Å². The monoisotopic (exact) mass is 277 g/mol. The Balaban J connectivity index is 2.23. The molecule has 112 valence electrons. The average Bonchev–Trinajstić information content (AvgIpc) is 2.49. The Kier molecular flexibility index (Phi) is 5.00. The molecule has 1 fully saturated rings. The van der Waals surface area contributed by atoms with Crippen molar-refractivity contribution in [3.05, 3.63) is 23.9 Å². The summed E-state index contributed by atoms with van der Waals surface area (Å²) in [6.07, 6.45) is 4.10. The van der Waals surface area contributed by atoms with Crippen LogP contribution in [0.3, 0.4) is 0 Å². The molecule has 1 aliphatic rings. The van der Waals surface area contributed by atoms with E-state index in [4.69, 9.17) is 4.74 Å². The molecule has 0 aliphatic carbocycles. The summed E-state index contributed by atoms with van der Waals surface area (Å²) in [4.78, 5) is 6.92. The molecule has 0 amide bonds. The second kappa shape index (κ2) is 6.55. The summed E-state index contributed by atoms with van der Waals surface area (Å²) in [5.74, 6) is 0.750. The summed E-state index contributed by atoms with van der Waals surface area (Å²) in [5, 5.41) is 3.63. The Morgan fingerprint density at radius 1 is 1.45 bits per heavy atom. The number of piperazine rings is 1. The van der Waals surface area contributed by atoms with Gasteiger partial charge in [0.05, 0.1) is 7.11 Å². The lowest BCUT2D eigenvalue weighted by Gasteiger charge is -2.49. The zero-order valence-corrected chi connectivity index (χ0v) is 13.1. The first-order valence-electron chi connectivity index (χ1n) is 7.61. The van der Waals surface area contributed by atoms with Crippen LogP contribution in [0.5, 0.6) is 5.88 Å². The van der Waals surface area contributed by atoms with Crippen LogP contribution in [0, 0.1) is 0 Å². The number of methoxy groups -OCH3 is 1. The Morgan fingerprint density at radius 3 is 2.85 bits per heavy atom. The molecule has 1 unspecified atom stereocenters. The molecule has 0 bridgehead atoms. The maximum absolute atomic E-state index is 5.40. The van der Waals surface area contributed by atoms with Crippen LogP contribution >= 0.6 is 0 Å². The predicted octanol–water partition coefficient (Wildman–Crippen LogP) is 2.44. The Hall–Kier alpha value is -1.13. The van der Waals surface area contributed by atoms with E-state index in [2.05, 4.69) is 42.0 Å². The molecular weight excluding hydrogens is 250 g/mol. The van der Waals surface area contributed by atoms with E-state index in [-0.39, 0.29) is 5.54 Å². The highest BCUT2D eigenvalue weighted by molar-refractivity contribution is 5.25. The molecule has 0 saturated carbocycles. The number of hydrogen-bond acceptors (Lipinski definition) is 4. The van der Waals surface area contributed by atoms with E-state index in [1.54, 1.807) is 13.3 Å². The molecule has 4 heteroatoms. The summed E-state index contributed by atoms with van der Waals surface area (Å²) in [6, 6.07) is 4.64. The summed E-state index contributed by atoms with van der Waals surface area (Å²) < 4.78 is 5.40. The quantitative estimate of drug-likeness (QED) is 0.897. The number of ether oxygens (including phenoxy) is 1. The highest BCUT2D eigenvalue weighted by atomic mass is 16.5. The zero-order valence-electron chi connectivity index (χ0n) is 13.1. The van der Waals surface area contributed by atoms with Crippen molar-refractivity contribution in [1.29, 1.82) is 0 Å². The van der Waals surface area contributed by atoms with Crippen molar-refractivity contribution in [2.45, 2.75) is 51.7 Å². The van der Waals surface area contributed by atoms with Crippen molar-refractivity contribution in [3.63, 3.8) is 0 Å². The van der Waals surface area contributed by atoms with Crippen LogP contribution in [0.4, 0.5) is 0 Å². The smallest absolute Gasteiger partial charge is 0.217 e. The third-order valence-corrected chi connectivity index (χ3v) is 4.67. The maximum atomic E-state index is 5.40. The molecule has 1 N–H and O–H groups in total. The van der Waals surface area contributed by atoms with Crippen LogP contribution in [0.1, 0.15) is 39.2 Å². The average molecular weight is 277 g/mol. The minimum atomic E-state index is 0.243. The van der Waals surface area contributed by atoms with E-state index >= 15 is 0 Å². The number of rotatable bonds is 5. The third-order valence-electron chi connectivity index (χ3n) is 4.67. The molecule has 1 saturated heterocycles. The van der Waals surface area contributed by atoms with Crippen molar-refractivity contribution in [1.82, 2.24) is 15.2 Å². The molecule has 2 heterocycles. The van der Waals surface area contributed by atoms with Crippen molar-refractivity contribution >= 4 is 0 Å². The summed E-state index contributed by atoms with van der Waals surface area (Å²) in [5.41, 5.74) is 1.42. The van der Waals surface area contributed by atoms with Gasteiger partial charge in [0.25, 0.3) is 0 Å². The van der Waals surface area contributed by atoms with E-state index in [1.807, 2.05) is 6.07 Å². The van der Waals surface area contributed by atoms with Crippen LogP contribution in [-0.2, 0) is 6.54 Å². The minimum absolute atomic E-state index is 0.243. The highest BCUT2D eigenvalue weighted by Crippen LogP contribution is 2.30. The van der Waals surface area contributed by atoms with Gasteiger partial charge in [-0.2, -0.15) is 0 Å². The molecule has 2 rings (SSSR count). The van der Waals surface area contributed by atoms with Gasteiger partial charge >= 0.3 is 0 Å². The Bertz CT molecular complexity index is 431. The fourth-order valence-electron chi connectivity index (χ4n) is 3.18. The minimum Gasteiger partial charge on any atom is -0.481 e. The predicted molar refractivity (Wildman–Crippen MR) is 82.0 cm³/mol. The van der Waals surface area contributed by atoms with Crippen molar-refractivity contribution in [2.75, 3.05) is 20.2 Å². The van der Waals surface area contributed by atoms with Gasteiger partial charge in [0.15, 0.2) is 0 Å². The van der Waals surface area contributed by atoms with Gasteiger partial charge in [-0.3, -0.25) is 4.90 Å². The van der Waals surface area contributed by atoms with E-state index in [0.717, 1.165) is 38.4 Å². The van der Waals surface area contributed by atoms with Gasteiger partial charge in [0, 0.05) is 43.0 Å². The number of pyridine rings is 1. The highest BCUT2D eigenvalue weighted by Gasteiger charge is 2.37. The van der Waals surface area contributed by atoms with Gasteiger partial charge < -0.3 is 10.1 Å². The number of hydrogen-bond donors (Lipinski definition) is 1. The van der Waals surface area contributed by atoms with Gasteiger partial charge in [-0.1, -0.05) is 19.9 Å². The fraction of sp³-hybridized carbons (Fsp3) is 0.688. The maximum Gasteiger partial charge on any atom is 0.217 e. The van der Waals surface area contributed by atoms with Crippen molar-refractivity contribution in [3.8, 4) is 5.88 Å². The zero-order chi connectivity index (χ0) is 14.6. The Morgan fingerprint density at radius 2 is 2.20 bits per heavy atom. The van der Waals surface area contributed by atoms with Crippen molar-refractivity contribution < 1.29 is 4.74 Å². The second-order valence-electron chi connectivity index (χ2n) is 5.77. The molecule has 0 radical (unpaired) electrons. The second-order valence-corrected chi connectivity index (χ2v) is 5.77. The third kappa shape index (κ3) is 2.96. The lowest BCUT2D eigenvalue weighted by Crippen LogP contribution is -2.63. The Labute approximate surface area is 122 Å². The molecule has 1 aliphatic heterocycles. The fourth-order valence-corrected chi connectivity index (χ4v) is 3.18. The van der Waals surface area contributed by atoms with Gasteiger partial charge in [0.1, 0.15) is 0 Å². The topological polar surface area (TPSA) is 37.4 Å². The first-order valence-corrected chi connectivity index (χ1v) is 7.61. The van der Waals surface area contributed by atoms with E-state index in [1.165, 1.54) is 5.56 Å². The summed E-state index contributed by atoms with van der Waals surface area (Å²) >= 11 is 0. The molecule has 1 aromatic rings. The van der Waals surface area contributed by atoms with E-state index in [9.17, 15) is 0 Å². The first-order chi connectivity index (χ1) is 9.65. The number of aromatic nitrogens is 1. The molecule has 4 nitrogen and oxygen atoms in total. The molecule has 1 aromatic heterocycles. The van der Waals surface area contributed by atoms with Crippen LogP contribution < -0.4 is 10.1 Å². The first kappa shape index (κ1) is 15.3. The summed E-state index contributed by atoms with van der Waals surface area (Å²) in [6.45, 7) is 9.86. The lowest BCUT2D eigenvalue weighted by molar-refractivity contribution is 0.0271. The van der Waals surface area contributed by atoms with Crippen LogP contribution in [-0.4, -0.2) is 41.7 Å². The van der Waals surface area contributed by atoms with Gasteiger partial charge in [-0.15, -0.1) is 0 Å². The molecule has 1 atom stereocenters. The standard InChI is InChI=1S/C16H27N3O/c1-5-16(6-2)12-18-13(3)10-19(16)11-14-8-7-9-17-15(14)20-4/h7-9,13,18H,5-6,10-12H2,1-4H3. The molecular formula is C16H27N3O. The summed E-state index contributed by atoms with van der Waals surface area (Å²) in [7, 11) is 1.69. The van der Waals surface area contributed by atoms with Gasteiger partial charge in [-0.05, 0) is 25.8 Å². The normalized spacial score (nSPS) is 22.7. The van der Waals surface area contributed by atoms with E-state index < -0.39 is 0 Å². The molecule has 20 heavy (non-hydrogen) atoms. The SMILES string of the molecule is CCC1(CC)CNC(C)CN1Cc1cccnc1OC. The van der Waals surface area contributed by atoms with Gasteiger partial charge in [0.2, 0.25) is 5.88 Å². The van der Waals surface area contributed by atoms with Crippen LogP contribution in [0.25, 0.3) is 0 Å². The molecule has 0 aromatic carbocycles. The van der Waals surface area contributed by atoms with Crippen LogP contribution in [0.15, 0.2) is 18.3 Å². The van der Waals surface area contributed by atoms with Crippen molar-refractivity contribution in [2.24, 2.45) is 0 Å². The largest absolute Gasteiger partial charge is 0.481 e. The van der Waals surface area contributed by atoms with Gasteiger partial charge in [-0.25, -0.2) is 4.98 Å². The number of nitrogens with one attached hydrogen (secondary N) is 1. The van der Waals surface area contributed by atoms with Crippen LogP contribution in [0.2, 0.25) is 0 Å².